The van der Waals surface area contributed by atoms with Crippen LogP contribution >= 0.6 is 0 Å². The number of aromatic nitrogens is 3. The van der Waals surface area contributed by atoms with Crippen molar-refractivity contribution in [3.05, 3.63) is 77.6 Å². The van der Waals surface area contributed by atoms with Crippen molar-refractivity contribution in [1.29, 1.82) is 0 Å². The Balaban J connectivity index is 1.50. The van der Waals surface area contributed by atoms with Gasteiger partial charge in [-0.3, -0.25) is 14.4 Å². The minimum atomic E-state index is -0.937. The average Bonchev–Trinajstić information content (AvgIpc) is 3.29. The van der Waals surface area contributed by atoms with Gasteiger partial charge in [-0.2, -0.15) is 0 Å². The Kier molecular flexibility index (Phi) is 6.52. The molecule has 10 nitrogen and oxygen atoms in total. The minimum absolute atomic E-state index is 0.0318. The first-order valence-electron chi connectivity index (χ1n) is 10.1. The zero-order chi connectivity index (χ0) is 22.3. The van der Waals surface area contributed by atoms with Crippen molar-refractivity contribution in [3.8, 4) is 5.69 Å². The van der Waals surface area contributed by atoms with E-state index in [0.717, 1.165) is 5.56 Å². The van der Waals surface area contributed by atoms with Crippen LogP contribution in [0.15, 0.2) is 60.8 Å². The molecule has 32 heavy (non-hydrogen) atoms. The van der Waals surface area contributed by atoms with Crippen molar-refractivity contribution in [1.82, 2.24) is 30.9 Å². The van der Waals surface area contributed by atoms with Crippen molar-refractivity contribution in [2.45, 2.75) is 19.2 Å². The highest BCUT2D eigenvalue weighted by molar-refractivity contribution is 5.99. The van der Waals surface area contributed by atoms with E-state index in [1.165, 1.54) is 4.68 Å². The van der Waals surface area contributed by atoms with E-state index in [2.05, 4.69) is 26.3 Å². The Hall–Kier alpha value is -4.05. The summed E-state index contributed by atoms with van der Waals surface area (Å²) in [6, 6.07) is 15.4. The number of hydrogen-bond donors (Lipinski definition) is 3. The van der Waals surface area contributed by atoms with Gasteiger partial charge in [-0.15, -0.1) is 5.10 Å². The third-order valence-corrected chi connectivity index (χ3v) is 4.84. The Bertz CT molecular complexity index is 1110. The molecule has 1 atom stereocenters. The van der Waals surface area contributed by atoms with Crippen LogP contribution in [0.2, 0.25) is 0 Å². The van der Waals surface area contributed by atoms with E-state index in [0.29, 0.717) is 23.6 Å². The van der Waals surface area contributed by atoms with Gasteiger partial charge in [-0.25, -0.2) is 4.68 Å². The molecule has 2 aromatic carbocycles. The number of carbonyl (C=O) groups is 3. The van der Waals surface area contributed by atoms with Crippen molar-refractivity contribution in [2.75, 3.05) is 13.2 Å². The number of fused-ring (bicyclic) bond motifs is 4. The number of para-hydroxylation sites is 1. The molecule has 0 aliphatic carbocycles. The van der Waals surface area contributed by atoms with Gasteiger partial charge < -0.3 is 20.7 Å². The number of carbonyl (C=O) groups excluding carboxylic acids is 3. The van der Waals surface area contributed by atoms with Crippen LogP contribution in [-0.2, 0) is 27.5 Å². The van der Waals surface area contributed by atoms with Gasteiger partial charge in [0.1, 0.15) is 11.7 Å². The molecule has 0 saturated carbocycles. The lowest BCUT2D eigenvalue weighted by Crippen LogP contribution is -2.51. The minimum Gasteiger partial charge on any atom is -0.374 e. The van der Waals surface area contributed by atoms with E-state index in [1.54, 1.807) is 30.5 Å². The zero-order valence-electron chi connectivity index (χ0n) is 17.2. The quantitative estimate of drug-likeness (QED) is 0.543. The lowest BCUT2D eigenvalue weighted by Gasteiger charge is -2.19. The third-order valence-electron chi connectivity index (χ3n) is 4.84. The summed E-state index contributed by atoms with van der Waals surface area (Å²) in [7, 11) is 0. The predicted octanol–water partition coefficient (Wildman–Crippen LogP) is 0.329. The van der Waals surface area contributed by atoms with Gasteiger partial charge in [0.25, 0.3) is 5.91 Å². The van der Waals surface area contributed by atoms with Crippen LogP contribution in [0, 0.1) is 0 Å². The summed E-state index contributed by atoms with van der Waals surface area (Å²) in [5.41, 5.74) is 2.31. The van der Waals surface area contributed by atoms with Crippen LogP contribution in [-0.4, -0.2) is 51.9 Å². The molecule has 0 fully saturated rings. The molecular formula is C22H22N6O4. The number of amides is 3. The van der Waals surface area contributed by atoms with Crippen molar-refractivity contribution < 1.29 is 19.1 Å². The van der Waals surface area contributed by atoms with Crippen molar-refractivity contribution >= 4 is 17.7 Å². The van der Waals surface area contributed by atoms with E-state index in [9.17, 15) is 14.4 Å². The number of nitrogens with one attached hydrogen (secondary N) is 3. The first-order chi connectivity index (χ1) is 15.6. The fourth-order valence-electron chi connectivity index (χ4n) is 3.22. The summed E-state index contributed by atoms with van der Waals surface area (Å²) in [5, 5.41) is 16.1. The van der Waals surface area contributed by atoms with E-state index in [-0.39, 0.29) is 19.7 Å². The van der Waals surface area contributed by atoms with Crippen molar-refractivity contribution in [2.24, 2.45) is 0 Å². The van der Waals surface area contributed by atoms with Gasteiger partial charge in [0.15, 0.2) is 0 Å². The largest absolute Gasteiger partial charge is 0.374 e. The van der Waals surface area contributed by atoms with Crippen LogP contribution in [0.1, 0.15) is 21.6 Å². The normalized spacial score (nSPS) is 16.9. The Morgan fingerprint density at radius 1 is 0.969 bits per heavy atom. The van der Waals surface area contributed by atoms with E-state index in [4.69, 9.17) is 4.74 Å². The molecule has 3 amide bonds. The maximum absolute atomic E-state index is 12.7. The maximum Gasteiger partial charge on any atom is 0.253 e. The highest BCUT2D eigenvalue weighted by Crippen LogP contribution is 2.14. The number of hydrogen-bond acceptors (Lipinski definition) is 6. The van der Waals surface area contributed by atoms with Crippen LogP contribution in [0.5, 0.6) is 0 Å². The highest BCUT2D eigenvalue weighted by Gasteiger charge is 2.23. The molecule has 1 aromatic heterocycles. The number of nitrogens with zero attached hydrogens (tertiary/aromatic N) is 3. The van der Waals surface area contributed by atoms with Gasteiger partial charge in [0.2, 0.25) is 11.8 Å². The number of rotatable bonds is 4. The lowest BCUT2D eigenvalue weighted by atomic mass is 10.1. The molecule has 10 heteroatoms. The SMILES string of the molecule is O=C1CNC(=O)c2ccccc2-n2cc(nn2)CNC(=O)[C@H](COCc2ccccc2)N1. The standard InChI is InChI=1S/C22H22N6O4/c29-20-11-24-21(30)17-8-4-5-9-19(17)28-12-16(26-27-28)10-23-22(31)18(25-20)14-32-13-15-6-2-1-3-7-15/h1-9,12,18H,10-11,13-14H2,(H,23,31)(H,24,30)(H,25,29)/t18-/m0/s1. The van der Waals surface area contributed by atoms with Crippen LogP contribution in [0.4, 0.5) is 0 Å². The monoisotopic (exact) mass is 434 g/mol. The second kappa shape index (κ2) is 9.84. The molecule has 3 aromatic rings. The fraction of sp³-hybridized carbons (Fsp3) is 0.227. The van der Waals surface area contributed by atoms with Crippen LogP contribution < -0.4 is 16.0 Å². The van der Waals surface area contributed by atoms with E-state index in [1.807, 2.05) is 30.3 Å². The predicted molar refractivity (Wildman–Crippen MR) is 114 cm³/mol. The van der Waals surface area contributed by atoms with Crippen LogP contribution in [0.25, 0.3) is 5.69 Å². The van der Waals surface area contributed by atoms with E-state index < -0.39 is 23.8 Å². The summed E-state index contributed by atoms with van der Waals surface area (Å²) in [6.07, 6.45) is 1.64. The summed E-state index contributed by atoms with van der Waals surface area (Å²) >= 11 is 0. The average molecular weight is 434 g/mol. The maximum atomic E-state index is 12.7. The van der Waals surface area contributed by atoms with E-state index >= 15 is 0 Å². The van der Waals surface area contributed by atoms with Gasteiger partial charge in [0, 0.05) is 0 Å². The second-order valence-electron chi connectivity index (χ2n) is 7.19. The highest BCUT2D eigenvalue weighted by atomic mass is 16.5. The lowest BCUT2D eigenvalue weighted by molar-refractivity contribution is -0.130. The molecule has 164 valence electrons. The molecule has 2 heterocycles. The topological polar surface area (TPSA) is 127 Å². The zero-order valence-corrected chi connectivity index (χ0v) is 17.2. The molecule has 1 aliphatic heterocycles. The number of ether oxygens (including phenoxy) is 1. The van der Waals surface area contributed by atoms with Gasteiger partial charge in [-0.1, -0.05) is 47.7 Å². The second-order valence-corrected chi connectivity index (χ2v) is 7.19. The van der Waals surface area contributed by atoms with Crippen molar-refractivity contribution in [3.63, 3.8) is 0 Å². The third kappa shape index (κ3) is 5.16. The first kappa shape index (κ1) is 21.2. The fourth-order valence-corrected chi connectivity index (χ4v) is 3.22. The number of benzene rings is 2. The Morgan fingerprint density at radius 3 is 2.59 bits per heavy atom. The molecular weight excluding hydrogens is 412 g/mol. The van der Waals surface area contributed by atoms with Gasteiger partial charge in [0.05, 0.1) is 43.8 Å². The van der Waals surface area contributed by atoms with Crippen LogP contribution in [0.3, 0.4) is 0 Å². The molecule has 2 bridgehead atoms. The summed E-state index contributed by atoms with van der Waals surface area (Å²) < 4.78 is 7.11. The molecule has 3 N–H and O–H groups in total. The molecule has 4 rings (SSSR count). The molecule has 1 aliphatic rings. The first-order valence-corrected chi connectivity index (χ1v) is 10.1. The molecule has 0 saturated heterocycles. The van der Waals surface area contributed by atoms with Gasteiger partial charge in [-0.05, 0) is 17.7 Å². The Morgan fingerprint density at radius 2 is 1.75 bits per heavy atom. The summed E-state index contributed by atoms with van der Waals surface area (Å²) in [5.74, 6) is -1.37. The molecule has 0 unspecified atom stereocenters. The summed E-state index contributed by atoms with van der Waals surface area (Å²) in [4.78, 5) is 37.8. The van der Waals surface area contributed by atoms with Gasteiger partial charge >= 0.3 is 0 Å². The molecule has 0 spiro atoms. The Labute approximate surface area is 184 Å². The summed E-state index contributed by atoms with van der Waals surface area (Å²) in [6.45, 7) is 0.0781. The molecule has 0 radical (unpaired) electrons. The smallest absolute Gasteiger partial charge is 0.253 e.